The molecule has 4 heteroatoms. The van der Waals surface area contributed by atoms with Gasteiger partial charge in [0.2, 0.25) is 0 Å². The van der Waals surface area contributed by atoms with E-state index >= 15 is 0 Å². The minimum absolute atomic E-state index is 0.249. The van der Waals surface area contributed by atoms with Crippen molar-refractivity contribution in [2.45, 2.75) is 58.8 Å². The fraction of sp³-hybridized carbons (Fsp3) is 0.234. The van der Waals surface area contributed by atoms with Crippen molar-refractivity contribution in [1.29, 1.82) is 0 Å². The first-order chi connectivity index (χ1) is 25.0. The first-order valence-electron chi connectivity index (χ1n) is 18.2. The van der Waals surface area contributed by atoms with Gasteiger partial charge in [-0.1, -0.05) is 125 Å². The lowest BCUT2D eigenvalue weighted by atomic mass is 9.68. The van der Waals surface area contributed by atoms with Crippen LogP contribution in [0.25, 0.3) is 11.1 Å². The third-order valence-electron chi connectivity index (χ3n) is 9.29. The first kappa shape index (κ1) is 36.8. The smallest absolute Gasteiger partial charge is 0.119 e. The zero-order valence-electron chi connectivity index (χ0n) is 30.3. The highest BCUT2D eigenvalue weighted by molar-refractivity contribution is 5.86. The van der Waals surface area contributed by atoms with Gasteiger partial charge in [0.25, 0.3) is 0 Å². The van der Waals surface area contributed by atoms with Crippen molar-refractivity contribution < 1.29 is 19.7 Å². The Kier molecular flexibility index (Phi) is 13.0. The van der Waals surface area contributed by atoms with Crippen LogP contribution in [0.2, 0.25) is 0 Å². The van der Waals surface area contributed by atoms with Crippen LogP contribution in [0, 0.1) is 0 Å². The second-order valence-electron chi connectivity index (χ2n) is 12.3. The van der Waals surface area contributed by atoms with Gasteiger partial charge in [-0.3, -0.25) is 0 Å². The summed E-state index contributed by atoms with van der Waals surface area (Å²) in [6.45, 7) is 9.80. The lowest BCUT2D eigenvalue weighted by Crippen LogP contribution is -2.28. The topological polar surface area (TPSA) is 58.9 Å². The van der Waals surface area contributed by atoms with Crippen molar-refractivity contribution in [3.8, 4) is 34.1 Å². The molecule has 0 saturated heterocycles. The van der Waals surface area contributed by atoms with E-state index in [4.69, 9.17) is 9.47 Å². The molecule has 6 aromatic rings. The van der Waals surface area contributed by atoms with E-state index < -0.39 is 5.41 Å². The number of fused-ring (bicyclic) bond motifs is 3. The molecule has 7 rings (SSSR count). The van der Waals surface area contributed by atoms with E-state index in [0.29, 0.717) is 0 Å². The third-order valence-corrected chi connectivity index (χ3v) is 9.29. The molecule has 4 nitrogen and oxygen atoms in total. The molecule has 0 heterocycles. The molecule has 0 atom stereocenters. The summed E-state index contributed by atoms with van der Waals surface area (Å²) in [5, 5.41) is 19.7. The Labute approximate surface area is 304 Å². The normalized spacial score (nSPS) is 11.9. The van der Waals surface area contributed by atoms with Crippen molar-refractivity contribution in [2.75, 3.05) is 13.2 Å². The standard InChI is InChI=1S/C25H18O2.C20H26O2.C2H6/c26-19-13-9-17(10-14-19)25(18-11-15-20(27)16-12-18)23-7-3-1-5-21(23)22-6-2-4-8-24(22)25;1-3-17-7-11-19(12-8-17)21-15-5-6-16-22-20-13-9-18(4-2)10-14-20;1-2/h1-16,26-27H;7-14H,3-6,15-16H2,1-2H3;1-2H3. The lowest BCUT2D eigenvalue weighted by Gasteiger charge is -2.33. The van der Waals surface area contributed by atoms with Crippen LogP contribution < -0.4 is 9.47 Å². The highest BCUT2D eigenvalue weighted by atomic mass is 16.5. The molecule has 0 amide bonds. The molecule has 0 unspecified atom stereocenters. The molecule has 0 fully saturated rings. The zero-order chi connectivity index (χ0) is 36.1. The van der Waals surface area contributed by atoms with E-state index in [1.165, 1.54) is 33.4 Å². The molecular weight excluding hydrogens is 629 g/mol. The summed E-state index contributed by atoms with van der Waals surface area (Å²) in [5.41, 5.74) is 9.22. The molecule has 51 heavy (non-hydrogen) atoms. The van der Waals surface area contributed by atoms with Gasteiger partial charge in [-0.15, -0.1) is 0 Å². The van der Waals surface area contributed by atoms with Gasteiger partial charge in [0.1, 0.15) is 23.0 Å². The maximum Gasteiger partial charge on any atom is 0.119 e. The molecular formula is C47H50O4. The summed E-state index contributed by atoms with van der Waals surface area (Å²) in [4.78, 5) is 0. The fourth-order valence-electron chi connectivity index (χ4n) is 6.67. The highest BCUT2D eigenvalue weighted by Gasteiger charge is 2.45. The maximum atomic E-state index is 9.85. The summed E-state index contributed by atoms with van der Waals surface area (Å²) in [7, 11) is 0. The van der Waals surface area contributed by atoms with Crippen molar-refractivity contribution in [1.82, 2.24) is 0 Å². The predicted octanol–water partition coefficient (Wildman–Crippen LogP) is 11.5. The predicted molar refractivity (Wildman–Crippen MR) is 210 cm³/mol. The number of phenolic OH excluding ortho intramolecular Hbond substituents is 2. The third kappa shape index (κ3) is 8.46. The highest BCUT2D eigenvalue weighted by Crippen LogP contribution is 2.56. The van der Waals surface area contributed by atoms with Crippen LogP contribution in [0.3, 0.4) is 0 Å². The van der Waals surface area contributed by atoms with Crippen LogP contribution in [0.4, 0.5) is 0 Å². The van der Waals surface area contributed by atoms with Gasteiger partial charge in [0.15, 0.2) is 0 Å². The number of hydrogen-bond acceptors (Lipinski definition) is 4. The molecule has 0 aromatic heterocycles. The van der Waals surface area contributed by atoms with Gasteiger partial charge in [-0.2, -0.15) is 0 Å². The van der Waals surface area contributed by atoms with E-state index in [0.717, 1.165) is 61.5 Å². The average Bonchev–Trinajstić information content (AvgIpc) is 3.49. The largest absolute Gasteiger partial charge is 0.508 e. The number of hydrogen-bond donors (Lipinski definition) is 2. The Morgan fingerprint density at radius 1 is 0.451 bits per heavy atom. The van der Waals surface area contributed by atoms with Gasteiger partial charge in [0, 0.05) is 0 Å². The summed E-state index contributed by atoms with van der Waals surface area (Å²) >= 11 is 0. The maximum absolute atomic E-state index is 9.85. The Hall–Kier alpha value is -5.48. The monoisotopic (exact) mass is 678 g/mol. The molecule has 1 aliphatic carbocycles. The molecule has 262 valence electrons. The van der Waals surface area contributed by atoms with Crippen LogP contribution in [-0.4, -0.2) is 23.4 Å². The zero-order valence-corrected chi connectivity index (χ0v) is 30.3. The molecule has 2 N–H and O–H groups in total. The van der Waals surface area contributed by atoms with Gasteiger partial charge in [0.05, 0.1) is 18.6 Å². The van der Waals surface area contributed by atoms with Gasteiger partial charge >= 0.3 is 0 Å². The molecule has 0 spiro atoms. The first-order valence-corrected chi connectivity index (χ1v) is 18.2. The van der Waals surface area contributed by atoms with E-state index in [-0.39, 0.29) is 11.5 Å². The van der Waals surface area contributed by atoms with Gasteiger partial charge < -0.3 is 19.7 Å². The molecule has 0 radical (unpaired) electrons. The van der Waals surface area contributed by atoms with Gasteiger partial charge in [-0.05, 0) is 119 Å². The van der Waals surface area contributed by atoms with Crippen molar-refractivity contribution in [3.05, 3.63) is 179 Å². The summed E-state index contributed by atoms with van der Waals surface area (Å²) in [6, 6.07) is 48.5. The van der Waals surface area contributed by atoms with Crippen molar-refractivity contribution >= 4 is 0 Å². The van der Waals surface area contributed by atoms with E-state index in [1.807, 2.05) is 62.4 Å². The number of ether oxygens (including phenoxy) is 2. The number of unbranched alkanes of at least 4 members (excludes halogenated alkanes) is 1. The SMILES string of the molecule is CC.CCc1ccc(OCCCCOc2ccc(CC)cc2)cc1.Oc1ccc(C2(c3ccc(O)cc3)c3ccccc3-c3ccccc32)cc1. The number of benzene rings is 6. The Balaban J connectivity index is 0.000000193. The quantitative estimate of drug-likeness (QED) is 0.134. The van der Waals surface area contributed by atoms with Crippen molar-refractivity contribution in [2.24, 2.45) is 0 Å². The van der Waals surface area contributed by atoms with E-state index in [9.17, 15) is 10.2 Å². The second kappa shape index (κ2) is 18.0. The van der Waals surface area contributed by atoms with Crippen LogP contribution >= 0.6 is 0 Å². The summed E-state index contributed by atoms with van der Waals surface area (Å²) < 4.78 is 11.5. The molecule has 0 aliphatic heterocycles. The Morgan fingerprint density at radius 3 is 1.16 bits per heavy atom. The number of phenols is 2. The van der Waals surface area contributed by atoms with Crippen LogP contribution in [0.15, 0.2) is 146 Å². The van der Waals surface area contributed by atoms with Crippen LogP contribution in [-0.2, 0) is 18.3 Å². The number of rotatable bonds is 11. The fourth-order valence-corrected chi connectivity index (χ4v) is 6.67. The molecule has 6 aromatic carbocycles. The number of aryl methyl sites for hydroxylation is 2. The van der Waals surface area contributed by atoms with E-state index in [2.05, 4.69) is 86.6 Å². The van der Waals surface area contributed by atoms with Crippen LogP contribution in [0.1, 0.15) is 73.9 Å². The molecule has 1 aliphatic rings. The minimum atomic E-state index is -0.491. The molecule has 0 saturated carbocycles. The average molecular weight is 679 g/mol. The minimum Gasteiger partial charge on any atom is -0.508 e. The Morgan fingerprint density at radius 2 is 0.804 bits per heavy atom. The second-order valence-corrected chi connectivity index (χ2v) is 12.3. The van der Waals surface area contributed by atoms with Crippen molar-refractivity contribution in [3.63, 3.8) is 0 Å². The summed E-state index contributed by atoms with van der Waals surface area (Å²) in [5.74, 6) is 2.40. The van der Waals surface area contributed by atoms with E-state index in [1.54, 1.807) is 24.3 Å². The Bertz CT molecular complexity index is 1780. The number of aromatic hydroxyl groups is 2. The molecule has 0 bridgehead atoms. The summed E-state index contributed by atoms with van der Waals surface area (Å²) in [6.07, 6.45) is 4.14. The van der Waals surface area contributed by atoms with Gasteiger partial charge in [-0.25, -0.2) is 0 Å². The van der Waals surface area contributed by atoms with Crippen LogP contribution in [0.5, 0.6) is 23.0 Å². The lowest BCUT2D eigenvalue weighted by molar-refractivity contribution is 0.266.